The number of urea groups is 1. The van der Waals surface area contributed by atoms with E-state index in [1.807, 2.05) is 24.3 Å². The van der Waals surface area contributed by atoms with E-state index in [2.05, 4.69) is 21.1 Å². The number of nitrogens with zero attached hydrogens (tertiary/aromatic N) is 2. The van der Waals surface area contributed by atoms with E-state index < -0.39 is 6.03 Å². The number of rotatable bonds is 6. The van der Waals surface area contributed by atoms with Gasteiger partial charge in [0, 0.05) is 0 Å². The SMILES string of the molecule is COc1ccc(C=NNC(=O)N/N=C\c2ccc(OC)cc2)cc1. The van der Waals surface area contributed by atoms with Crippen molar-refractivity contribution in [3.63, 3.8) is 0 Å². The van der Waals surface area contributed by atoms with Gasteiger partial charge >= 0.3 is 6.03 Å². The third kappa shape index (κ3) is 5.45. The Morgan fingerprint density at radius 1 is 0.792 bits per heavy atom. The predicted molar refractivity (Wildman–Crippen MR) is 92.8 cm³/mol. The zero-order valence-corrected chi connectivity index (χ0v) is 13.4. The first-order valence-electron chi connectivity index (χ1n) is 7.11. The van der Waals surface area contributed by atoms with Gasteiger partial charge in [-0.2, -0.15) is 10.2 Å². The number of nitrogens with one attached hydrogen (secondary N) is 2. The quantitative estimate of drug-likeness (QED) is 0.631. The van der Waals surface area contributed by atoms with Gasteiger partial charge in [-0.15, -0.1) is 0 Å². The highest BCUT2D eigenvalue weighted by atomic mass is 16.5. The Kier molecular flexibility index (Phi) is 6.34. The summed E-state index contributed by atoms with van der Waals surface area (Å²) in [6.45, 7) is 0. The molecule has 2 amide bonds. The molecule has 2 aromatic carbocycles. The van der Waals surface area contributed by atoms with Gasteiger partial charge in [0.15, 0.2) is 0 Å². The Morgan fingerprint density at radius 2 is 1.17 bits per heavy atom. The second-order valence-electron chi connectivity index (χ2n) is 4.62. The van der Waals surface area contributed by atoms with Gasteiger partial charge in [-0.3, -0.25) is 0 Å². The number of methoxy groups -OCH3 is 2. The highest BCUT2D eigenvalue weighted by Crippen LogP contribution is 2.10. The maximum Gasteiger partial charge on any atom is 0.355 e. The van der Waals surface area contributed by atoms with Crippen molar-refractivity contribution >= 4 is 18.5 Å². The molecular weight excluding hydrogens is 308 g/mol. The molecule has 0 saturated heterocycles. The monoisotopic (exact) mass is 326 g/mol. The second kappa shape index (κ2) is 8.94. The summed E-state index contributed by atoms with van der Waals surface area (Å²) in [6.07, 6.45) is 3.04. The summed E-state index contributed by atoms with van der Waals surface area (Å²) in [5.41, 5.74) is 6.30. The normalized spacial score (nSPS) is 10.8. The molecule has 0 spiro atoms. The van der Waals surface area contributed by atoms with E-state index in [1.54, 1.807) is 38.5 Å². The average Bonchev–Trinajstić information content (AvgIpc) is 2.63. The molecule has 2 rings (SSSR count). The number of hydrogen-bond donors (Lipinski definition) is 2. The van der Waals surface area contributed by atoms with Crippen molar-refractivity contribution in [2.75, 3.05) is 14.2 Å². The molecule has 24 heavy (non-hydrogen) atoms. The summed E-state index contributed by atoms with van der Waals surface area (Å²) < 4.78 is 10.1. The van der Waals surface area contributed by atoms with Crippen LogP contribution in [0, 0.1) is 0 Å². The largest absolute Gasteiger partial charge is 0.497 e. The molecule has 0 saturated carbocycles. The maximum absolute atomic E-state index is 11.5. The first-order valence-corrected chi connectivity index (χ1v) is 7.11. The number of benzene rings is 2. The van der Waals surface area contributed by atoms with Crippen LogP contribution >= 0.6 is 0 Å². The van der Waals surface area contributed by atoms with Crippen LogP contribution in [-0.2, 0) is 0 Å². The minimum absolute atomic E-state index is 0.537. The molecule has 7 heteroatoms. The van der Waals surface area contributed by atoms with E-state index >= 15 is 0 Å². The molecule has 0 bridgehead atoms. The predicted octanol–water partition coefficient (Wildman–Crippen LogP) is 2.37. The summed E-state index contributed by atoms with van der Waals surface area (Å²) >= 11 is 0. The van der Waals surface area contributed by atoms with Crippen LogP contribution in [0.5, 0.6) is 11.5 Å². The zero-order valence-electron chi connectivity index (χ0n) is 13.4. The van der Waals surface area contributed by atoms with Crippen LogP contribution in [0.15, 0.2) is 58.7 Å². The van der Waals surface area contributed by atoms with E-state index in [1.165, 1.54) is 12.4 Å². The molecule has 0 aromatic heterocycles. The van der Waals surface area contributed by atoms with Crippen LogP contribution in [0.3, 0.4) is 0 Å². The molecule has 124 valence electrons. The summed E-state index contributed by atoms with van der Waals surface area (Å²) in [7, 11) is 3.20. The molecule has 0 radical (unpaired) electrons. The van der Waals surface area contributed by atoms with Gasteiger partial charge in [-0.25, -0.2) is 15.6 Å². The molecular formula is C17H18N4O3. The van der Waals surface area contributed by atoms with E-state index in [0.717, 1.165) is 22.6 Å². The van der Waals surface area contributed by atoms with Gasteiger partial charge in [-0.1, -0.05) is 0 Å². The van der Waals surface area contributed by atoms with Crippen LogP contribution in [0.25, 0.3) is 0 Å². The summed E-state index contributed by atoms with van der Waals surface area (Å²) in [6, 6.07) is 14.0. The van der Waals surface area contributed by atoms with Gasteiger partial charge in [-0.05, 0) is 59.7 Å². The number of ether oxygens (including phenoxy) is 2. The molecule has 0 fully saturated rings. The fraction of sp³-hybridized carbons (Fsp3) is 0.118. The highest BCUT2D eigenvalue weighted by molar-refractivity contribution is 5.83. The Hall–Kier alpha value is -3.35. The van der Waals surface area contributed by atoms with Crippen LogP contribution in [0.1, 0.15) is 11.1 Å². The molecule has 0 aliphatic rings. The third-order valence-electron chi connectivity index (χ3n) is 2.99. The number of carbonyl (C=O) groups excluding carboxylic acids is 1. The fourth-order valence-electron chi connectivity index (χ4n) is 1.74. The van der Waals surface area contributed by atoms with E-state index in [0.29, 0.717) is 0 Å². The topological polar surface area (TPSA) is 84.3 Å². The molecule has 2 aromatic rings. The lowest BCUT2D eigenvalue weighted by atomic mass is 10.2. The lowest BCUT2D eigenvalue weighted by Gasteiger charge is -2.00. The number of amides is 2. The first-order chi connectivity index (χ1) is 11.7. The highest BCUT2D eigenvalue weighted by Gasteiger charge is 1.95. The Bertz CT molecular complexity index is 648. The molecule has 2 N–H and O–H groups in total. The van der Waals surface area contributed by atoms with Crippen LogP contribution in [0.2, 0.25) is 0 Å². The Morgan fingerprint density at radius 3 is 1.50 bits per heavy atom. The minimum Gasteiger partial charge on any atom is -0.497 e. The number of hydrogen-bond acceptors (Lipinski definition) is 5. The van der Waals surface area contributed by atoms with Crippen molar-refractivity contribution in [2.45, 2.75) is 0 Å². The number of carbonyl (C=O) groups is 1. The average molecular weight is 326 g/mol. The zero-order chi connectivity index (χ0) is 17.2. The van der Waals surface area contributed by atoms with Gasteiger partial charge in [0.25, 0.3) is 0 Å². The van der Waals surface area contributed by atoms with E-state index in [9.17, 15) is 4.79 Å². The van der Waals surface area contributed by atoms with E-state index in [-0.39, 0.29) is 0 Å². The van der Waals surface area contributed by atoms with Gasteiger partial charge < -0.3 is 9.47 Å². The van der Waals surface area contributed by atoms with Crippen molar-refractivity contribution < 1.29 is 14.3 Å². The van der Waals surface area contributed by atoms with Crippen molar-refractivity contribution in [1.82, 2.24) is 10.9 Å². The smallest absolute Gasteiger partial charge is 0.355 e. The van der Waals surface area contributed by atoms with E-state index in [4.69, 9.17) is 9.47 Å². The van der Waals surface area contributed by atoms with Crippen molar-refractivity contribution in [3.8, 4) is 11.5 Å². The molecule has 7 nitrogen and oxygen atoms in total. The minimum atomic E-state index is -0.537. The van der Waals surface area contributed by atoms with Crippen molar-refractivity contribution in [3.05, 3.63) is 59.7 Å². The Labute approximate surface area is 140 Å². The standard InChI is InChI=1S/C17H18N4O3/c1-23-15-7-3-13(4-8-15)11-18-20-17(22)21-19-12-14-5-9-16(24-2)10-6-14/h3-12H,1-2H3,(H2,20,21,22)/b18-11-,19-12?. The summed E-state index contributed by atoms with van der Waals surface area (Å²) in [4.78, 5) is 11.5. The molecule has 0 unspecified atom stereocenters. The second-order valence-corrected chi connectivity index (χ2v) is 4.62. The summed E-state index contributed by atoms with van der Waals surface area (Å²) in [5.74, 6) is 1.51. The fourth-order valence-corrected chi connectivity index (χ4v) is 1.74. The molecule has 0 atom stereocenters. The molecule has 0 aliphatic carbocycles. The first kappa shape index (κ1) is 17.0. The van der Waals surface area contributed by atoms with Crippen molar-refractivity contribution in [2.24, 2.45) is 10.2 Å². The Balaban J connectivity index is 1.77. The molecule has 0 aliphatic heterocycles. The third-order valence-corrected chi connectivity index (χ3v) is 2.99. The number of hydrazone groups is 2. The van der Waals surface area contributed by atoms with Crippen molar-refractivity contribution in [1.29, 1.82) is 0 Å². The lowest BCUT2D eigenvalue weighted by Crippen LogP contribution is -2.28. The van der Waals surface area contributed by atoms with Crippen LogP contribution in [-0.4, -0.2) is 32.7 Å². The lowest BCUT2D eigenvalue weighted by molar-refractivity contribution is 0.242. The van der Waals surface area contributed by atoms with Gasteiger partial charge in [0.2, 0.25) is 0 Å². The van der Waals surface area contributed by atoms with Gasteiger partial charge in [0.05, 0.1) is 26.6 Å². The molecule has 0 heterocycles. The summed E-state index contributed by atoms with van der Waals surface area (Å²) in [5, 5.41) is 7.65. The van der Waals surface area contributed by atoms with Crippen LogP contribution < -0.4 is 20.3 Å². The van der Waals surface area contributed by atoms with Gasteiger partial charge in [0.1, 0.15) is 11.5 Å². The maximum atomic E-state index is 11.5. The van der Waals surface area contributed by atoms with Crippen LogP contribution in [0.4, 0.5) is 4.79 Å².